The molecule has 3 nitrogen and oxygen atoms in total. The molecular formula is C9H6BrF2N3S. The van der Waals surface area contributed by atoms with Crippen molar-refractivity contribution in [2.75, 3.05) is 6.26 Å². The summed E-state index contributed by atoms with van der Waals surface area (Å²) in [4.78, 5) is 3.94. The smallest absolute Gasteiger partial charge is 0.183 e. The van der Waals surface area contributed by atoms with Gasteiger partial charge in [-0.2, -0.15) is 5.26 Å². The molecule has 1 aromatic carbocycles. The fourth-order valence-electron chi connectivity index (χ4n) is 0.896. The van der Waals surface area contributed by atoms with Gasteiger partial charge in [-0.05, 0) is 28.3 Å². The highest BCUT2D eigenvalue weighted by Gasteiger charge is 2.08. The van der Waals surface area contributed by atoms with Crippen molar-refractivity contribution in [2.45, 2.75) is 0 Å². The SMILES string of the molecule is CSC(=Nc1cc(F)c(F)c(Br)c1)NC#N. The standard InChI is InChI=1S/C9H6BrF2N3S/c1-16-9(14-4-13)15-5-2-6(10)8(12)7(11)3-5/h2-3H,1H3,(H,14,15). The lowest BCUT2D eigenvalue weighted by molar-refractivity contribution is 0.504. The highest BCUT2D eigenvalue weighted by molar-refractivity contribution is 9.10. The first-order valence-corrected chi connectivity index (χ1v) is 6.02. The number of nitrogens with one attached hydrogen (secondary N) is 1. The van der Waals surface area contributed by atoms with E-state index in [0.717, 1.165) is 6.07 Å². The zero-order valence-electron chi connectivity index (χ0n) is 8.09. The van der Waals surface area contributed by atoms with Crippen LogP contribution in [0.2, 0.25) is 0 Å². The van der Waals surface area contributed by atoms with Gasteiger partial charge in [0.25, 0.3) is 0 Å². The summed E-state index contributed by atoms with van der Waals surface area (Å²) in [7, 11) is 0. The molecule has 0 bridgehead atoms. The summed E-state index contributed by atoms with van der Waals surface area (Å²) in [5.74, 6) is -1.96. The molecule has 0 heterocycles. The Morgan fingerprint density at radius 1 is 1.56 bits per heavy atom. The van der Waals surface area contributed by atoms with Crippen molar-refractivity contribution in [2.24, 2.45) is 4.99 Å². The quantitative estimate of drug-likeness (QED) is 0.285. The molecule has 0 aromatic heterocycles. The van der Waals surface area contributed by atoms with Crippen LogP contribution in [0.5, 0.6) is 0 Å². The van der Waals surface area contributed by atoms with Crippen LogP contribution in [0.1, 0.15) is 0 Å². The molecule has 0 saturated carbocycles. The van der Waals surface area contributed by atoms with Crippen LogP contribution in [-0.4, -0.2) is 11.4 Å². The minimum absolute atomic E-state index is 0.0105. The number of hydrogen-bond donors (Lipinski definition) is 1. The van der Waals surface area contributed by atoms with E-state index in [1.54, 1.807) is 12.4 Å². The number of benzene rings is 1. The Bertz CT molecular complexity index is 447. The van der Waals surface area contributed by atoms with Gasteiger partial charge < -0.3 is 0 Å². The first kappa shape index (κ1) is 12.9. The minimum Gasteiger partial charge on any atom is -0.271 e. The normalized spacial score (nSPS) is 11.1. The summed E-state index contributed by atoms with van der Waals surface area (Å²) in [6.07, 6.45) is 3.40. The summed E-state index contributed by atoms with van der Waals surface area (Å²) in [5.41, 5.74) is 0.220. The molecular weight excluding hydrogens is 300 g/mol. The lowest BCUT2D eigenvalue weighted by Gasteiger charge is -2.02. The topological polar surface area (TPSA) is 48.2 Å². The van der Waals surface area contributed by atoms with E-state index in [4.69, 9.17) is 5.26 Å². The maximum absolute atomic E-state index is 13.0. The first-order chi connectivity index (χ1) is 7.58. The Balaban J connectivity index is 3.11. The molecule has 1 rings (SSSR count). The molecule has 0 amide bonds. The molecule has 16 heavy (non-hydrogen) atoms. The van der Waals surface area contributed by atoms with Crippen molar-refractivity contribution in [1.82, 2.24) is 5.32 Å². The Morgan fingerprint density at radius 2 is 2.25 bits per heavy atom. The van der Waals surface area contributed by atoms with Gasteiger partial charge in [0, 0.05) is 6.07 Å². The number of nitrogens with zero attached hydrogens (tertiary/aromatic N) is 2. The van der Waals surface area contributed by atoms with Crippen molar-refractivity contribution < 1.29 is 8.78 Å². The summed E-state index contributed by atoms with van der Waals surface area (Å²) in [6.45, 7) is 0. The van der Waals surface area contributed by atoms with Gasteiger partial charge in [-0.15, -0.1) is 0 Å². The highest BCUT2D eigenvalue weighted by atomic mass is 79.9. The van der Waals surface area contributed by atoms with E-state index in [9.17, 15) is 8.78 Å². The van der Waals surface area contributed by atoms with Gasteiger partial charge in [-0.25, -0.2) is 13.8 Å². The maximum Gasteiger partial charge on any atom is 0.183 e. The molecule has 0 atom stereocenters. The Kier molecular flexibility index (Phi) is 4.71. The minimum atomic E-state index is -0.995. The fourth-order valence-corrected chi connectivity index (χ4v) is 1.66. The molecule has 84 valence electrons. The third kappa shape index (κ3) is 3.18. The molecule has 0 fully saturated rings. The van der Waals surface area contributed by atoms with Crippen LogP contribution in [0, 0.1) is 23.1 Å². The monoisotopic (exact) mass is 305 g/mol. The van der Waals surface area contributed by atoms with Crippen LogP contribution >= 0.6 is 27.7 Å². The Labute approximate surface area is 104 Å². The van der Waals surface area contributed by atoms with Crippen molar-refractivity contribution in [3.8, 4) is 6.19 Å². The molecule has 0 unspecified atom stereocenters. The Hall–Kier alpha value is -1.13. The number of halogens is 3. The van der Waals surface area contributed by atoms with Crippen molar-refractivity contribution in [3.05, 3.63) is 28.2 Å². The zero-order valence-corrected chi connectivity index (χ0v) is 10.5. The maximum atomic E-state index is 13.0. The van der Waals surface area contributed by atoms with Crippen LogP contribution in [0.15, 0.2) is 21.6 Å². The first-order valence-electron chi connectivity index (χ1n) is 4.00. The van der Waals surface area contributed by atoms with Crippen molar-refractivity contribution in [3.63, 3.8) is 0 Å². The van der Waals surface area contributed by atoms with Gasteiger partial charge in [0.05, 0.1) is 10.2 Å². The second-order valence-electron chi connectivity index (χ2n) is 2.58. The number of hydrogen-bond acceptors (Lipinski definition) is 3. The predicted octanol–water partition coefficient (Wildman–Crippen LogP) is 3.15. The molecule has 0 aliphatic rings. The van der Waals surface area contributed by atoms with Crippen LogP contribution in [0.3, 0.4) is 0 Å². The number of aliphatic imine (C=N–C) groups is 1. The highest BCUT2D eigenvalue weighted by Crippen LogP contribution is 2.25. The zero-order chi connectivity index (χ0) is 12.1. The van der Waals surface area contributed by atoms with Gasteiger partial charge >= 0.3 is 0 Å². The molecule has 7 heteroatoms. The van der Waals surface area contributed by atoms with Crippen LogP contribution in [0.4, 0.5) is 14.5 Å². The lowest BCUT2D eigenvalue weighted by Crippen LogP contribution is -2.12. The lowest BCUT2D eigenvalue weighted by atomic mass is 10.3. The predicted molar refractivity (Wildman–Crippen MR) is 63.4 cm³/mol. The fraction of sp³-hybridized carbons (Fsp3) is 0.111. The van der Waals surface area contributed by atoms with E-state index in [1.165, 1.54) is 17.8 Å². The number of thioether (sulfide) groups is 1. The Morgan fingerprint density at radius 3 is 2.75 bits per heavy atom. The van der Waals surface area contributed by atoms with Gasteiger partial charge in [0.1, 0.15) is 0 Å². The van der Waals surface area contributed by atoms with Gasteiger partial charge in [0.2, 0.25) is 0 Å². The average Bonchev–Trinajstić information content (AvgIpc) is 2.25. The third-order valence-electron chi connectivity index (χ3n) is 1.56. The molecule has 0 saturated heterocycles. The van der Waals surface area contributed by atoms with Crippen LogP contribution < -0.4 is 5.32 Å². The van der Waals surface area contributed by atoms with Crippen molar-refractivity contribution >= 4 is 38.5 Å². The van der Waals surface area contributed by atoms with E-state index < -0.39 is 11.6 Å². The average molecular weight is 306 g/mol. The third-order valence-corrected chi connectivity index (χ3v) is 2.71. The molecule has 0 aliphatic heterocycles. The van der Waals surface area contributed by atoms with E-state index in [-0.39, 0.29) is 10.2 Å². The summed E-state index contributed by atoms with van der Waals surface area (Å²) in [5, 5.41) is 11.0. The largest absolute Gasteiger partial charge is 0.271 e. The van der Waals surface area contributed by atoms with E-state index in [0.29, 0.717) is 5.17 Å². The molecule has 1 aromatic rings. The summed E-state index contributed by atoms with van der Waals surface area (Å²) >= 11 is 4.06. The summed E-state index contributed by atoms with van der Waals surface area (Å²) in [6, 6.07) is 2.28. The van der Waals surface area contributed by atoms with Crippen LogP contribution in [-0.2, 0) is 0 Å². The molecule has 0 spiro atoms. The molecule has 0 aliphatic carbocycles. The molecule has 1 N–H and O–H groups in total. The van der Waals surface area contributed by atoms with Gasteiger partial charge in [-0.3, -0.25) is 5.32 Å². The number of rotatable bonds is 1. The van der Waals surface area contributed by atoms with E-state index in [1.807, 2.05) is 0 Å². The van der Waals surface area contributed by atoms with E-state index >= 15 is 0 Å². The molecule has 0 radical (unpaired) electrons. The van der Waals surface area contributed by atoms with Crippen molar-refractivity contribution in [1.29, 1.82) is 5.26 Å². The van der Waals surface area contributed by atoms with Crippen LogP contribution in [0.25, 0.3) is 0 Å². The van der Waals surface area contributed by atoms with Gasteiger partial charge in [-0.1, -0.05) is 11.8 Å². The number of nitriles is 1. The summed E-state index contributed by atoms with van der Waals surface area (Å²) < 4.78 is 25.9. The second kappa shape index (κ2) is 5.82. The number of amidine groups is 1. The van der Waals surface area contributed by atoms with E-state index in [2.05, 4.69) is 26.2 Å². The van der Waals surface area contributed by atoms with Gasteiger partial charge in [0.15, 0.2) is 23.0 Å². The second-order valence-corrected chi connectivity index (χ2v) is 4.23.